The van der Waals surface area contributed by atoms with Crippen molar-refractivity contribution >= 4 is 52.1 Å². The zero-order valence-electron chi connectivity index (χ0n) is 14.0. The normalized spacial score (nSPS) is 19.0. The number of nitrogens with one attached hydrogen (secondary N) is 1. The highest BCUT2D eigenvalue weighted by molar-refractivity contribution is 7.80. The molecule has 10 heteroatoms. The zero-order chi connectivity index (χ0) is 20.4. The highest BCUT2D eigenvalue weighted by Crippen LogP contribution is 2.42. The van der Waals surface area contributed by atoms with Gasteiger partial charge in [-0.05, 0) is 24.3 Å². The summed E-state index contributed by atoms with van der Waals surface area (Å²) in [5.74, 6) is -1.34. The number of ether oxygens (including phenoxy) is 2. The van der Waals surface area contributed by atoms with Gasteiger partial charge in [-0.3, -0.25) is 4.79 Å². The van der Waals surface area contributed by atoms with E-state index in [2.05, 4.69) is 10.1 Å². The molecule has 1 heterocycles. The van der Waals surface area contributed by atoms with Crippen LogP contribution in [0.4, 0.5) is 14.5 Å². The van der Waals surface area contributed by atoms with Gasteiger partial charge in [0.1, 0.15) is 22.9 Å². The molecule has 2 aromatic carbocycles. The van der Waals surface area contributed by atoms with E-state index in [1.54, 1.807) is 24.3 Å². The molecular formula is C18H13Cl2F2NO4S. The van der Waals surface area contributed by atoms with Crippen molar-refractivity contribution in [3.05, 3.63) is 57.6 Å². The molecule has 5 nitrogen and oxygen atoms in total. The number of hydrogen-bond acceptors (Lipinski definition) is 4. The van der Waals surface area contributed by atoms with Gasteiger partial charge in [-0.2, -0.15) is 8.78 Å². The molecule has 0 aliphatic carbocycles. The van der Waals surface area contributed by atoms with Crippen LogP contribution in [0.1, 0.15) is 23.7 Å². The Morgan fingerprint density at radius 1 is 1.29 bits per heavy atom. The predicted molar refractivity (Wildman–Crippen MR) is 105 cm³/mol. The fourth-order valence-corrected chi connectivity index (χ4v) is 3.53. The molecule has 0 amide bonds. The van der Waals surface area contributed by atoms with Crippen molar-refractivity contribution in [2.24, 2.45) is 0 Å². The molecular weight excluding hydrogens is 435 g/mol. The minimum atomic E-state index is -3.06. The molecule has 0 bridgehead atoms. The van der Waals surface area contributed by atoms with Crippen molar-refractivity contribution in [3.8, 4) is 5.75 Å². The third-order valence-electron chi connectivity index (χ3n) is 4.00. The van der Waals surface area contributed by atoms with E-state index in [4.69, 9.17) is 40.2 Å². The summed E-state index contributed by atoms with van der Waals surface area (Å²) < 4.78 is 35.8. The third kappa shape index (κ3) is 4.52. The van der Waals surface area contributed by atoms with Crippen molar-refractivity contribution in [1.82, 2.24) is 0 Å². The Morgan fingerprint density at radius 2 is 2.04 bits per heavy atom. The van der Waals surface area contributed by atoms with Crippen LogP contribution in [0.5, 0.6) is 5.75 Å². The summed E-state index contributed by atoms with van der Waals surface area (Å²) in [7, 11) is 0. The number of benzene rings is 2. The Balaban J connectivity index is 2.12. The van der Waals surface area contributed by atoms with Crippen LogP contribution >= 0.6 is 35.4 Å². The van der Waals surface area contributed by atoms with Crippen LogP contribution in [0.15, 0.2) is 36.4 Å². The number of anilines is 1. The van der Waals surface area contributed by atoms with E-state index < -0.39 is 31.2 Å². The second-order valence-electron chi connectivity index (χ2n) is 5.86. The largest absolute Gasteiger partial charge is 0.481 e. The molecule has 0 spiro atoms. The summed E-state index contributed by atoms with van der Waals surface area (Å²) in [4.78, 5) is 11.4. The predicted octanol–water partition coefficient (Wildman–Crippen LogP) is 5.30. The minimum Gasteiger partial charge on any atom is -0.481 e. The van der Waals surface area contributed by atoms with E-state index in [9.17, 15) is 18.7 Å². The maximum atomic E-state index is 12.7. The number of carboxylic acid groups (broad SMARTS) is 1. The minimum absolute atomic E-state index is 0.0828. The van der Waals surface area contributed by atoms with Gasteiger partial charge in [-0.1, -0.05) is 47.6 Å². The Labute approximate surface area is 174 Å². The molecule has 148 valence electrons. The third-order valence-corrected chi connectivity index (χ3v) is 5.00. The first kappa shape index (κ1) is 20.7. The molecule has 28 heavy (non-hydrogen) atoms. The molecule has 2 N–H and O–H groups in total. The SMILES string of the molecule is O=C(O)C[C@H]1O[C@H](c2cccc(OC(F)F)c2Cl)c2cc(Cl)ccc2NC1=S. The number of carboxylic acids is 1. The topological polar surface area (TPSA) is 67.8 Å². The molecule has 0 fully saturated rings. The van der Waals surface area contributed by atoms with Gasteiger partial charge in [-0.15, -0.1) is 0 Å². The van der Waals surface area contributed by atoms with Crippen LogP contribution in [0.3, 0.4) is 0 Å². The van der Waals surface area contributed by atoms with E-state index >= 15 is 0 Å². The van der Waals surface area contributed by atoms with E-state index in [1.807, 2.05) is 0 Å². The zero-order valence-corrected chi connectivity index (χ0v) is 16.3. The molecule has 3 rings (SSSR count). The van der Waals surface area contributed by atoms with Gasteiger partial charge in [0, 0.05) is 21.8 Å². The van der Waals surface area contributed by atoms with Crippen LogP contribution in [-0.2, 0) is 9.53 Å². The standard InChI is InChI=1S/C18H13Cl2F2NO4S/c19-8-4-5-11-10(6-8)16(26-13(7-14(24)25)17(28)23-11)9-2-1-3-12(15(9)20)27-18(21)22/h1-6,13,16,18H,7H2,(H,23,28)(H,24,25)/t13-,16-/m1/s1. The van der Waals surface area contributed by atoms with E-state index in [-0.39, 0.29) is 15.8 Å². The summed E-state index contributed by atoms with van der Waals surface area (Å²) in [5, 5.41) is 12.4. The number of thiocarbonyl (C=S) groups is 1. The second-order valence-corrected chi connectivity index (χ2v) is 7.12. The molecule has 0 aromatic heterocycles. The Hall–Kier alpha value is -2.00. The molecule has 1 aliphatic rings. The van der Waals surface area contributed by atoms with Gasteiger partial charge < -0.3 is 19.9 Å². The molecule has 2 atom stereocenters. The van der Waals surface area contributed by atoms with E-state index in [1.165, 1.54) is 12.1 Å². The lowest BCUT2D eigenvalue weighted by molar-refractivity contribution is -0.139. The molecule has 0 saturated heterocycles. The number of hydrogen-bond donors (Lipinski definition) is 2. The number of fused-ring (bicyclic) bond motifs is 1. The van der Waals surface area contributed by atoms with Crippen LogP contribution in [0, 0.1) is 0 Å². The van der Waals surface area contributed by atoms with Gasteiger partial charge in [0.2, 0.25) is 0 Å². The van der Waals surface area contributed by atoms with Crippen LogP contribution in [0.2, 0.25) is 10.0 Å². The molecule has 0 saturated carbocycles. The van der Waals surface area contributed by atoms with Gasteiger partial charge in [0.25, 0.3) is 0 Å². The summed E-state index contributed by atoms with van der Waals surface area (Å²) in [6, 6.07) is 9.25. The molecule has 2 aromatic rings. The van der Waals surface area contributed by atoms with Gasteiger partial charge in [0.05, 0.1) is 11.4 Å². The fourth-order valence-electron chi connectivity index (χ4n) is 2.83. The van der Waals surface area contributed by atoms with Crippen LogP contribution in [0.25, 0.3) is 0 Å². The molecule has 1 aliphatic heterocycles. The lowest BCUT2D eigenvalue weighted by Gasteiger charge is -2.23. The molecule has 0 unspecified atom stereocenters. The van der Waals surface area contributed by atoms with E-state index in [0.29, 0.717) is 21.8 Å². The number of rotatable bonds is 5. The van der Waals surface area contributed by atoms with Crippen molar-refractivity contribution in [2.75, 3.05) is 5.32 Å². The fraction of sp³-hybridized carbons (Fsp3) is 0.222. The van der Waals surface area contributed by atoms with Crippen molar-refractivity contribution < 1.29 is 28.2 Å². The average molecular weight is 448 g/mol. The number of halogens is 4. The van der Waals surface area contributed by atoms with Crippen molar-refractivity contribution in [2.45, 2.75) is 25.2 Å². The average Bonchev–Trinajstić information content (AvgIpc) is 2.73. The smallest absolute Gasteiger partial charge is 0.387 e. The first-order valence-electron chi connectivity index (χ1n) is 7.97. The highest BCUT2D eigenvalue weighted by atomic mass is 35.5. The Morgan fingerprint density at radius 3 is 2.71 bits per heavy atom. The summed E-state index contributed by atoms with van der Waals surface area (Å²) in [6.45, 7) is -3.06. The summed E-state index contributed by atoms with van der Waals surface area (Å²) >= 11 is 17.7. The lowest BCUT2D eigenvalue weighted by atomic mass is 9.99. The maximum Gasteiger partial charge on any atom is 0.387 e. The quantitative estimate of drug-likeness (QED) is 0.606. The Bertz CT molecular complexity index is 928. The Kier molecular flexibility index (Phi) is 6.34. The lowest BCUT2D eigenvalue weighted by Crippen LogP contribution is -2.30. The highest BCUT2D eigenvalue weighted by Gasteiger charge is 2.33. The first-order chi connectivity index (χ1) is 13.3. The number of carbonyl (C=O) groups is 1. The van der Waals surface area contributed by atoms with Crippen LogP contribution < -0.4 is 10.1 Å². The van der Waals surface area contributed by atoms with E-state index in [0.717, 1.165) is 0 Å². The number of aliphatic carboxylic acids is 1. The first-order valence-corrected chi connectivity index (χ1v) is 9.13. The maximum absolute atomic E-state index is 12.7. The van der Waals surface area contributed by atoms with Gasteiger partial charge in [-0.25, -0.2) is 0 Å². The van der Waals surface area contributed by atoms with Gasteiger partial charge in [0.15, 0.2) is 0 Å². The van der Waals surface area contributed by atoms with Crippen molar-refractivity contribution in [3.63, 3.8) is 0 Å². The monoisotopic (exact) mass is 447 g/mol. The number of alkyl halides is 2. The van der Waals surface area contributed by atoms with Crippen molar-refractivity contribution in [1.29, 1.82) is 0 Å². The summed E-state index contributed by atoms with van der Waals surface area (Å²) in [6.07, 6.45) is -2.28. The van der Waals surface area contributed by atoms with Crippen LogP contribution in [-0.4, -0.2) is 28.8 Å². The van der Waals surface area contributed by atoms with Gasteiger partial charge >= 0.3 is 12.6 Å². The molecule has 0 radical (unpaired) electrons. The summed E-state index contributed by atoms with van der Waals surface area (Å²) in [5.41, 5.74) is 1.38. The second kappa shape index (κ2) is 8.57.